The molecular weight excluding hydrogens is 418 g/mol. The first-order valence-corrected chi connectivity index (χ1v) is 10.6. The van der Waals surface area contributed by atoms with Gasteiger partial charge in [0, 0.05) is 40.6 Å². The summed E-state index contributed by atoms with van der Waals surface area (Å²) >= 11 is 3.50. The van der Waals surface area contributed by atoms with E-state index in [4.69, 9.17) is 0 Å². The summed E-state index contributed by atoms with van der Waals surface area (Å²) in [5.41, 5.74) is 7.16. The van der Waals surface area contributed by atoms with Crippen LogP contribution >= 0.6 is 15.9 Å². The minimum atomic E-state index is -0.0878. The lowest BCUT2D eigenvalue weighted by atomic mass is 9.98. The second kappa shape index (κ2) is 7.95. The van der Waals surface area contributed by atoms with Crippen LogP contribution in [0, 0.1) is 0 Å². The van der Waals surface area contributed by atoms with E-state index in [1.54, 1.807) is 7.05 Å². The van der Waals surface area contributed by atoms with Gasteiger partial charge in [-0.15, -0.1) is 0 Å². The van der Waals surface area contributed by atoms with E-state index in [0.29, 0.717) is 18.4 Å². The van der Waals surface area contributed by atoms with Crippen LogP contribution in [0.2, 0.25) is 0 Å². The average molecular weight is 442 g/mol. The Morgan fingerprint density at radius 3 is 2.89 bits per heavy atom. The van der Waals surface area contributed by atoms with E-state index in [1.165, 1.54) is 36.1 Å². The van der Waals surface area contributed by atoms with Gasteiger partial charge in [0.15, 0.2) is 0 Å². The van der Waals surface area contributed by atoms with Crippen molar-refractivity contribution in [3.05, 3.63) is 50.8 Å². The molecular formula is C22H24BrN3O2. The summed E-state index contributed by atoms with van der Waals surface area (Å²) in [6.45, 7) is 0. The first-order chi connectivity index (χ1) is 13.6. The monoisotopic (exact) mass is 441 g/mol. The smallest absolute Gasteiger partial charge is 0.256 e. The lowest BCUT2D eigenvalue weighted by molar-refractivity contribution is -0.120. The third-order valence-corrected chi connectivity index (χ3v) is 6.12. The molecule has 2 aromatic rings. The van der Waals surface area contributed by atoms with Gasteiger partial charge >= 0.3 is 0 Å². The zero-order chi connectivity index (χ0) is 19.7. The van der Waals surface area contributed by atoms with Gasteiger partial charge in [-0.2, -0.15) is 0 Å². The van der Waals surface area contributed by atoms with Gasteiger partial charge in [0.05, 0.1) is 5.57 Å². The van der Waals surface area contributed by atoms with Crippen molar-refractivity contribution in [1.29, 1.82) is 0 Å². The summed E-state index contributed by atoms with van der Waals surface area (Å²) in [4.78, 5) is 28.0. The highest BCUT2D eigenvalue weighted by molar-refractivity contribution is 9.10. The topological polar surface area (TPSA) is 74.0 Å². The molecule has 2 heterocycles. The van der Waals surface area contributed by atoms with Gasteiger partial charge in [-0.1, -0.05) is 22.4 Å². The van der Waals surface area contributed by atoms with Gasteiger partial charge in [-0.05, 0) is 67.5 Å². The molecule has 2 aliphatic rings. The molecule has 4 rings (SSSR count). The molecule has 0 bridgehead atoms. The summed E-state index contributed by atoms with van der Waals surface area (Å²) in [6.07, 6.45) is 8.73. The molecule has 1 aliphatic carbocycles. The summed E-state index contributed by atoms with van der Waals surface area (Å²) in [7, 11) is 1.67. The number of hydrogen-bond donors (Lipinski definition) is 3. The number of amides is 2. The number of halogens is 1. The van der Waals surface area contributed by atoms with E-state index in [1.807, 2.05) is 24.3 Å². The molecule has 0 fully saturated rings. The minimum Gasteiger partial charge on any atom is -0.359 e. The Labute approximate surface area is 173 Å². The second-order valence-corrected chi connectivity index (χ2v) is 8.33. The van der Waals surface area contributed by atoms with Crippen LogP contribution in [-0.4, -0.2) is 23.8 Å². The van der Waals surface area contributed by atoms with Crippen LogP contribution in [0.4, 0.5) is 5.69 Å². The number of carbonyl (C=O) groups is 2. The Balaban J connectivity index is 1.77. The number of rotatable bonds is 4. The highest BCUT2D eigenvalue weighted by Crippen LogP contribution is 2.36. The van der Waals surface area contributed by atoms with Crippen molar-refractivity contribution in [2.75, 3.05) is 12.4 Å². The van der Waals surface area contributed by atoms with E-state index >= 15 is 0 Å². The number of benzene rings is 1. The van der Waals surface area contributed by atoms with Crippen molar-refractivity contribution in [3.63, 3.8) is 0 Å². The molecule has 1 aromatic carbocycles. The number of aromatic amines is 1. The van der Waals surface area contributed by atoms with E-state index in [2.05, 4.69) is 31.5 Å². The lowest BCUT2D eigenvalue weighted by Gasteiger charge is -2.06. The normalized spacial score (nSPS) is 17.1. The molecule has 0 atom stereocenters. The molecule has 1 aliphatic heterocycles. The van der Waals surface area contributed by atoms with Gasteiger partial charge in [0.2, 0.25) is 5.91 Å². The van der Waals surface area contributed by atoms with Crippen molar-refractivity contribution in [1.82, 2.24) is 10.3 Å². The van der Waals surface area contributed by atoms with Crippen LogP contribution < -0.4 is 10.6 Å². The van der Waals surface area contributed by atoms with E-state index in [9.17, 15) is 9.59 Å². The molecule has 0 spiro atoms. The Morgan fingerprint density at radius 2 is 2.07 bits per heavy atom. The first kappa shape index (κ1) is 19.0. The fraction of sp³-hybridized carbons (Fsp3) is 0.364. The van der Waals surface area contributed by atoms with Gasteiger partial charge in [0.1, 0.15) is 0 Å². The van der Waals surface area contributed by atoms with Crippen LogP contribution in [0.5, 0.6) is 0 Å². The number of hydrogen-bond acceptors (Lipinski definition) is 2. The maximum atomic E-state index is 12.6. The molecule has 0 radical (unpaired) electrons. The number of fused-ring (bicyclic) bond motifs is 2. The largest absolute Gasteiger partial charge is 0.359 e. The third-order valence-electron chi connectivity index (χ3n) is 5.63. The van der Waals surface area contributed by atoms with E-state index in [-0.39, 0.29) is 11.8 Å². The maximum Gasteiger partial charge on any atom is 0.256 e. The number of anilines is 1. The fourth-order valence-electron chi connectivity index (χ4n) is 4.17. The number of nitrogens with one attached hydrogen (secondary N) is 3. The second-order valence-electron chi connectivity index (χ2n) is 7.41. The average Bonchev–Trinajstić information content (AvgIpc) is 3.05. The minimum absolute atomic E-state index is 0.0371. The highest BCUT2D eigenvalue weighted by Gasteiger charge is 2.26. The number of H-pyrrole nitrogens is 1. The van der Waals surface area contributed by atoms with Crippen molar-refractivity contribution < 1.29 is 9.59 Å². The number of carbonyl (C=O) groups excluding carboxylic acids is 2. The molecule has 0 saturated heterocycles. The SMILES string of the molecule is CNC(=O)CCc1c(/C=C2\C(=O)Nc3ccc(Br)cc32)[nH]c2c1CCCCC2. The fourth-order valence-corrected chi connectivity index (χ4v) is 4.53. The lowest BCUT2D eigenvalue weighted by Crippen LogP contribution is -2.18. The molecule has 3 N–H and O–H groups in total. The zero-order valence-electron chi connectivity index (χ0n) is 16.0. The Hall–Kier alpha value is -2.34. The highest BCUT2D eigenvalue weighted by atomic mass is 79.9. The van der Waals surface area contributed by atoms with Crippen LogP contribution in [0.25, 0.3) is 11.6 Å². The standard InChI is InChI=1S/C22H24BrN3O2/c1-24-21(27)10-8-15-14-5-3-2-4-6-18(14)25-20(15)12-17-16-11-13(23)7-9-19(16)26-22(17)28/h7,9,11-12,25H,2-6,8,10H2,1H3,(H,24,27)(H,26,28)/b17-12-. The quantitative estimate of drug-likeness (QED) is 0.490. The van der Waals surface area contributed by atoms with Gasteiger partial charge in [0.25, 0.3) is 5.91 Å². The van der Waals surface area contributed by atoms with Crippen LogP contribution in [-0.2, 0) is 28.9 Å². The molecule has 6 heteroatoms. The molecule has 0 unspecified atom stereocenters. The Morgan fingerprint density at radius 1 is 1.25 bits per heavy atom. The summed E-state index contributed by atoms with van der Waals surface area (Å²) in [6, 6.07) is 5.80. The molecule has 28 heavy (non-hydrogen) atoms. The van der Waals surface area contributed by atoms with Crippen molar-refractivity contribution >= 4 is 45.1 Å². The molecule has 0 saturated carbocycles. The van der Waals surface area contributed by atoms with Crippen molar-refractivity contribution in [2.45, 2.75) is 44.9 Å². The zero-order valence-corrected chi connectivity index (χ0v) is 17.5. The van der Waals surface area contributed by atoms with Crippen molar-refractivity contribution in [2.24, 2.45) is 0 Å². The van der Waals surface area contributed by atoms with Crippen molar-refractivity contribution in [3.8, 4) is 0 Å². The van der Waals surface area contributed by atoms with Gasteiger partial charge < -0.3 is 15.6 Å². The summed E-state index contributed by atoms with van der Waals surface area (Å²) < 4.78 is 0.941. The number of aryl methyl sites for hydroxylation is 1. The molecule has 2 amide bonds. The third kappa shape index (κ3) is 3.65. The predicted molar refractivity (Wildman–Crippen MR) is 115 cm³/mol. The summed E-state index contributed by atoms with van der Waals surface area (Å²) in [5.74, 6) is -0.0507. The van der Waals surface area contributed by atoms with Crippen LogP contribution in [0.3, 0.4) is 0 Å². The van der Waals surface area contributed by atoms with E-state index in [0.717, 1.165) is 34.3 Å². The molecule has 5 nitrogen and oxygen atoms in total. The van der Waals surface area contributed by atoms with Gasteiger partial charge in [-0.25, -0.2) is 0 Å². The maximum absolute atomic E-state index is 12.6. The molecule has 1 aromatic heterocycles. The molecule has 146 valence electrons. The number of aromatic nitrogens is 1. The Kier molecular flexibility index (Phi) is 5.40. The van der Waals surface area contributed by atoms with E-state index < -0.39 is 0 Å². The van der Waals surface area contributed by atoms with Crippen LogP contribution in [0.1, 0.15) is 53.8 Å². The predicted octanol–water partition coefficient (Wildman–Crippen LogP) is 4.22. The Bertz CT molecular complexity index is 974. The van der Waals surface area contributed by atoms with Crippen LogP contribution in [0.15, 0.2) is 22.7 Å². The van der Waals surface area contributed by atoms with Gasteiger partial charge in [-0.3, -0.25) is 9.59 Å². The summed E-state index contributed by atoms with van der Waals surface area (Å²) in [5, 5.41) is 5.64. The first-order valence-electron chi connectivity index (χ1n) is 9.83.